The van der Waals surface area contributed by atoms with Gasteiger partial charge in [0, 0.05) is 18.0 Å². The molecule has 25 heavy (non-hydrogen) atoms. The number of hydrogen-bond acceptors (Lipinski definition) is 4. The van der Waals surface area contributed by atoms with E-state index in [-0.39, 0.29) is 5.82 Å². The van der Waals surface area contributed by atoms with Gasteiger partial charge in [0.2, 0.25) is 0 Å². The van der Waals surface area contributed by atoms with Crippen molar-refractivity contribution in [3.63, 3.8) is 0 Å². The molecule has 0 unspecified atom stereocenters. The third-order valence-electron chi connectivity index (χ3n) is 3.42. The number of rotatable bonds is 8. The molecule has 0 spiro atoms. The van der Waals surface area contributed by atoms with Crippen LogP contribution in [0.25, 0.3) is 0 Å². The molecule has 0 amide bonds. The van der Waals surface area contributed by atoms with E-state index < -0.39 is 0 Å². The highest BCUT2D eigenvalue weighted by Crippen LogP contribution is 2.17. The second-order valence-corrected chi connectivity index (χ2v) is 6.81. The minimum atomic E-state index is -0.258. The average molecular weight is 364 g/mol. The molecule has 136 valence electrons. The Bertz CT molecular complexity index is 685. The highest BCUT2D eigenvalue weighted by Gasteiger charge is 2.04. The SMILES string of the molecule is CCNC(=NCc1sc(C)nc1C)NCCCOc1ccc(F)cc1. The molecule has 1 aromatic carbocycles. The van der Waals surface area contributed by atoms with Crippen LogP contribution >= 0.6 is 11.3 Å². The van der Waals surface area contributed by atoms with E-state index in [1.807, 2.05) is 20.8 Å². The molecule has 2 rings (SSSR count). The molecule has 0 bridgehead atoms. The zero-order valence-electron chi connectivity index (χ0n) is 14.9. The summed E-state index contributed by atoms with van der Waals surface area (Å²) >= 11 is 1.68. The molecule has 7 heteroatoms. The fourth-order valence-electron chi connectivity index (χ4n) is 2.21. The molecule has 2 N–H and O–H groups in total. The van der Waals surface area contributed by atoms with E-state index in [0.717, 1.165) is 36.2 Å². The number of nitrogens with one attached hydrogen (secondary N) is 2. The first-order chi connectivity index (χ1) is 12.1. The monoisotopic (exact) mass is 364 g/mol. The van der Waals surface area contributed by atoms with Crippen LogP contribution in [-0.2, 0) is 6.54 Å². The number of benzene rings is 1. The van der Waals surface area contributed by atoms with Crippen molar-refractivity contribution in [2.75, 3.05) is 19.7 Å². The summed E-state index contributed by atoms with van der Waals surface area (Å²) in [7, 11) is 0. The van der Waals surface area contributed by atoms with Gasteiger partial charge in [-0.25, -0.2) is 14.4 Å². The summed E-state index contributed by atoms with van der Waals surface area (Å²) in [5, 5.41) is 7.60. The van der Waals surface area contributed by atoms with E-state index in [4.69, 9.17) is 4.74 Å². The van der Waals surface area contributed by atoms with Gasteiger partial charge in [-0.15, -0.1) is 11.3 Å². The van der Waals surface area contributed by atoms with Gasteiger partial charge in [0.25, 0.3) is 0 Å². The van der Waals surface area contributed by atoms with Gasteiger partial charge >= 0.3 is 0 Å². The molecular weight excluding hydrogens is 339 g/mol. The van der Waals surface area contributed by atoms with Crippen molar-refractivity contribution in [3.05, 3.63) is 45.7 Å². The van der Waals surface area contributed by atoms with Crippen LogP contribution in [0.1, 0.15) is 28.9 Å². The Morgan fingerprint density at radius 3 is 2.64 bits per heavy atom. The molecule has 1 heterocycles. The molecule has 1 aromatic heterocycles. The van der Waals surface area contributed by atoms with Crippen molar-refractivity contribution >= 4 is 17.3 Å². The number of ether oxygens (including phenoxy) is 1. The number of thiazole rings is 1. The summed E-state index contributed by atoms with van der Waals surface area (Å²) in [6.45, 7) is 8.80. The van der Waals surface area contributed by atoms with Gasteiger partial charge < -0.3 is 15.4 Å². The first-order valence-corrected chi connectivity index (χ1v) is 9.23. The van der Waals surface area contributed by atoms with Crippen LogP contribution in [0.2, 0.25) is 0 Å². The second-order valence-electron chi connectivity index (χ2n) is 5.52. The largest absolute Gasteiger partial charge is 0.494 e. The summed E-state index contributed by atoms with van der Waals surface area (Å²) in [6, 6.07) is 6.06. The highest BCUT2D eigenvalue weighted by atomic mass is 32.1. The Morgan fingerprint density at radius 1 is 1.24 bits per heavy atom. The number of aliphatic imine (C=N–C) groups is 1. The van der Waals surface area contributed by atoms with Gasteiger partial charge in [-0.1, -0.05) is 0 Å². The normalized spacial score (nSPS) is 11.4. The quantitative estimate of drug-likeness (QED) is 0.428. The molecule has 0 aliphatic heterocycles. The third kappa shape index (κ3) is 6.70. The van der Waals surface area contributed by atoms with Crippen molar-refractivity contribution in [2.45, 2.75) is 33.7 Å². The summed E-state index contributed by atoms with van der Waals surface area (Å²) in [5.74, 6) is 1.21. The van der Waals surface area contributed by atoms with Crippen LogP contribution in [0.3, 0.4) is 0 Å². The van der Waals surface area contributed by atoms with Crippen molar-refractivity contribution in [1.29, 1.82) is 0 Å². The predicted molar refractivity (Wildman–Crippen MR) is 101 cm³/mol. The summed E-state index contributed by atoms with van der Waals surface area (Å²) in [4.78, 5) is 10.2. The second kappa shape index (κ2) is 9.98. The Morgan fingerprint density at radius 2 is 2.00 bits per heavy atom. The van der Waals surface area contributed by atoms with Gasteiger partial charge in [0.05, 0.1) is 23.9 Å². The van der Waals surface area contributed by atoms with E-state index in [9.17, 15) is 4.39 Å². The number of aryl methyl sites for hydroxylation is 2. The maximum atomic E-state index is 12.8. The lowest BCUT2D eigenvalue weighted by atomic mass is 10.3. The number of halogens is 1. The Labute approximate surface area is 152 Å². The maximum absolute atomic E-state index is 12.8. The maximum Gasteiger partial charge on any atom is 0.191 e. The molecule has 0 atom stereocenters. The van der Waals surface area contributed by atoms with E-state index in [1.165, 1.54) is 17.0 Å². The van der Waals surface area contributed by atoms with Crippen LogP contribution in [0.5, 0.6) is 5.75 Å². The van der Waals surface area contributed by atoms with Crippen molar-refractivity contribution in [1.82, 2.24) is 15.6 Å². The molecule has 0 aliphatic rings. The average Bonchev–Trinajstić information content (AvgIpc) is 2.91. The van der Waals surface area contributed by atoms with Crippen LogP contribution in [0.4, 0.5) is 4.39 Å². The zero-order valence-corrected chi connectivity index (χ0v) is 15.8. The van der Waals surface area contributed by atoms with Crippen LogP contribution in [0.15, 0.2) is 29.3 Å². The molecule has 0 saturated carbocycles. The van der Waals surface area contributed by atoms with Crippen molar-refractivity contribution < 1.29 is 9.13 Å². The van der Waals surface area contributed by atoms with Gasteiger partial charge in [-0.3, -0.25) is 0 Å². The fraction of sp³-hybridized carbons (Fsp3) is 0.444. The first kappa shape index (κ1) is 19.2. The third-order valence-corrected chi connectivity index (χ3v) is 4.48. The van der Waals surface area contributed by atoms with E-state index in [0.29, 0.717) is 18.9 Å². The van der Waals surface area contributed by atoms with Gasteiger partial charge in [-0.2, -0.15) is 0 Å². The highest BCUT2D eigenvalue weighted by molar-refractivity contribution is 7.11. The molecule has 0 saturated heterocycles. The predicted octanol–water partition coefficient (Wildman–Crippen LogP) is 3.42. The molecule has 0 fully saturated rings. The lowest BCUT2D eigenvalue weighted by molar-refractivity contribution is 0.310. The van der Waals surface area contributed by atoms with Crippen molar-refractivity contribution in [2.24, 2.45) is 4.99 Å². The number of guanidine groups is 1. The Hall–Kier alpha value is -2.15. The summed E-state index contributed by atoms with van der Waals surface area (Å²) < 4.78 is 18.4. The molecule has 0 aliphatic carbocycles. The first-order valence-electron chi connectivity index (χ1n) is 8.42. The van der Waals surface area contributed by atoms with Crippen LogP contribution in [0, 0.1) is 19.7 Å². The lowest BCUT2D eigenvalue weighted by Crippen LogP contribution is -2.38. The zero-order chi connectivity index (χ0) is 18.1. The molecule has 2 aromatic rings. The van der Waals surface area contributed by atoms with Crippen LogP contribution in [-0.4, -0.2) is 30.6 Å². The van der Waals surface area contributed by atoms with Gasteiger partial charge in [-0.05, 0) is 51.5 Å². The Kier molecular flexibility index (Phi) is 7.66. The van der Waals surface area contributed by atoms with Crippen LogP contribution < -0.4 is 15.4 Å². The molecule has 5 nitrogen and oxygen atoms in total. The van der Waals surface area contributed by atoms with Gasteiger partial charge in [0.15, 0.2) is 5.96 Å². The van der Waals surface area contributed by atoms with Crippen molar-refractivity contribution in [3.8, 4) is 5.75 Å². The topological polar surface area (TPSA) is 58.5 Å². The lowest BCUT2D eigenvalue weighted by Gasteiger charge is -2.11. The Balaban J connectivity index is 1.74. The van der Waals surface area contributed by atoms with Gasteiger partial charge in [0.1, 0.15) is 11.6 Å². The number of aromatic nitrogens is 1. The number of hydrogen-bond donors (Lipinski definition) is 2. The molecular formula is C18H25FN4OS. The molecule has 0 radical (unpaired) electrons. The van der Waals surface area contributed by atoms with E-state index in [1.54, 1.807) is 23.5 Å². The summed E-state index contributed by atoms with van der Waals surface area (Å²) in [5.41, 5.74) is 1.05. The smallest absolute Gasteiger partial charge is 0.191 e. The minimum Gasteiger partial charge on any atom is -0.494 e. The van der Waals surface area contributed by atoms with E-state index >= 15 is 0 Å². The number of nitrogens with zero attached hydrogens (tertiary/aromatic N) is 2. The standard InChI is InChI=1S/C18H25FN4OS/c1-4-20-18(22-12-17-13(2)23-14(3)25-17)21-10-5-11-24-16-8-6-15(19)7-9-16/h6-9H,4-5,10-12H2,1-3H3,(H2,20,21,22). The summed E-state index contributed by atoms with van der Waals surface area (Å²) in [6.07, 6.45) is 0.820. The van der Waals surface area contributed by atoms with E-state index in [2.05, 4.69) is 20.6 Å². The fourth-order valence-corrected chi connectivity index (χ4v) is 3.07. The minimum absolute atomic E-state index is 0.258.